The van der Waals surface area contributed by atoms with Gasteiger partial charge in [0.05, 0.1) is 5.69 Å². The van der Waals surface area contributed by atoms with Crippen molar-refractivity contribution in [3.05, 3.63) is 11.1 Å². The molecule has 13 heavy (non-hydrogen) atoms. The molecule has 1 aromatic rings. The molecule has 4 heteroatoms. The molecule has 1 aromatic heterocycles. The van der Waals surface area contributed by atoms with Gasteiger partial charge in [-0.15, -0.1) is 11.3 Å². The molecule has 1 heterocycles. The van der Waals surface area contributed by atoms with Gasteiger partial charge in [-0.2, -0.15) is 0 Å². The smallest absolute Gasteiger partial charge is 0.185 e. The Balaban J connectivity index is 2.67. The van der Waals surface area contributed by atoms with Crippen LogP contribution < -0.4 is 10.2 Å². The highest BCUT2D eigenvalue weighted by atomic mass is 32.1. The number of hydrogen-bond donors (Lipinski definition) is 1. The van der Waals surface area contributed by atoms with Crippen LogP contribution in [0.1, 0.15) is 19.5 Å². The summed E-state index contributed by atoms with van der Waals surface area (Å²) >= 11 is 1.70. The van der Waals surface area contributed by atoms with Gasteiger partial charge < -0.3 is 10.2 Å². The molecule has 74 valence electrons. The van der Waals surface area contributed by atoms with Crippen LogP contribution in [0.2, 0.25) is 0 Å². The largest absolute Gasteiger partial charge is 0.349 e. The molecular weight excluding hydrogens is 182 g/mol. The lowest BCUT2D eigenvalue weighted by molar-refractivity contribution is 0.743. The van der Waals surface area contributed by atoms with Crippen molar-refractivity contribution in [1.29, 1.82) is 0 Å². The summed E-state index contributed by atoms with van der Waals surface area (Å²) in [5.74, 6) is 0. The first-order chi connectivity index (χ1) is 6.15. The van der Waals surface area contributed by atoms with Crippen LogP contribution in [0.25, 0.3) is 0 Å². The Hall–Kier alpha value is -0.610. The maximum Gasteiger partial charge on any atom is 0.185 e. The van der Waals surface area contributed by atoms with Gasteiger partial charge in [0.1, 0.15) is 0 Å². The van der Waals surface area contributed by atoms with Crippen molar-refractivity contribution in [3.63, 3.8) is 0 Å². The summed E-state index contributed by atoms with van der Waals surface area (Å²) in [6.45, 7) is 5.18. The Kier molecular flexibility index (Phi) is 3.69. The van der Waals surface area contributed by atoms with Gasteiger partial charge in [-0.3, -0.25) is 0 Å². The van der Waals surface area contributed by atoms with E-state index in [9.17, 15) is 0 Å². The Morgan fingerprint density at radius 2 is 2.31 bits per heavy atom. The number of nitrogens with zero attached hydrogens (tertiary/aromatic N) is 2. The Morgan fingerprint density at radius 3 is 2.85 bits per heavy atom. The van der Waals surface area contributed by atoms with Crippen molar-refractivity contribution < 1.29 is 0 Å². The molecule has 0 atom stereocenters. The van der Waals surface area contributed by atoms with E-state index in [-0.39, 0.29) is 0 Å². The fourth-order valence-electron chi connectivity index (χ4n) is 0.941. The molecule has 0 aliphatic carbocycles. The second kappa shape index (κ2) is 4.58. The number of anilines is 1. The van der Waals surface area contributed by atoms with E-state index >= 15 is 0 Å². The van der Waals surface area contributed by atoms with Crippen LogP contribution in [0.15, 0.2) is 5.38 Å². The summed E-state index contributed by atoms with van der Waals surface area (Å²) in [4.78, 5) is 6.69. The van der Waals surface area contributed by atoms with Gasteiger partial charge in [0, 0.05) is 25.0 Å². The van der Waals surface area contributed by atoms with Gasteiger partial charge >= 0.3 is 0 Å². The summed E-state index contributed by atoms with van der Waals surface area (Å²) in [6, 6.07) is 0.508. The molecule has 0 aliphatic rings. The predicted octanol–water partition coefficient (Wildman–Crippen LogP) is 1.71. The minimum atomic E-state index is 0.508. The van der Waals surface area contributed by atoms with Gasteiger partial charge in [-0.05, 0) is 20.9 Å². The first kappa shape index (κ1) is 10.5. The summed E-state index contributed by atoms with van der Waals surface area (Å²) in [7, 11) is 4.01. The van der Waals surface area contributed by atoms with Crippen molar-refractivity contribution in [2.45, 2.75) is 26.4 Å². The lowest BCUT2D eigenvalue weighted by Gasteiger charge is -2.19. The number of nitrogens with one attached hydrogen (secondary N) is 1. The van der Waals surface area contributed by atoms with Crippen molar-refractivity contribution in [1.82, 2.24) is 10.3 Å². The quantitative estimate of drug-likeness (QED) is 0.800. The average Bonchev–Trinajstić information content (AvgIpc) is 2.52. The fraction of sp³-hybridized carbons (Fsp3) is 0.667. The van der Waals surface area contributed by atoms with Crippen LogP contribution in [0.4, 0.5) is 5.13 Å². The normalized spacial score (nSPS) is 10.8. The molecule has 3 nitrogen and oxygen atoms in total. The van der Waals surface area contributed by atoms with Gasteiger partial charge in [0.2, 0.25) is 0 Å². The first-order valence-electron chi connectivity index (χ1n) is 4.47. The zero-order valence-corrected chi connectivity index (χ0v) is 9.48. The summed E-state index contributed by atoms with van der Waals surface area (Å²) < 4.78 is 0. The molecule has 0 fully saturated rings. The predicted molar refractivity (Wildman–Crippen MR) is 58.4 cm³/mol. The molecule has 0 amide bonds. The molecule has 0 aromatic carbocycles. The number of thiazole rings is 1. The van der Waals surface area contributed by atoms with Crippen molar-refractivity contribution in [2.24, 2.45) is 0 Å². The number of hydrogen-bond acceptors (Lipinski definition) is 4. The van der Waals surface area contributed by atoms with Crippen LogP contribution in [0, 0.1) is 0 Å². The molecule has 1 N–H and O–H groups in total. The molecule has 0 spiro atoms. The van der Waals surface area contributed by atoms with E-state index in [4.69, 9.17) is 0 Å². The standard InChI is InChI=1S/C9H17N3S/c1-7(2)12(4)9-11-8(5-10-3)6-13-9/h6-7,10H,5H2,1-4H3. The second-order valence-electron chi connectivity index (χ2n) is 3.36. The Labute approximate surface area is 83.8 Å². The maximum atomic E-state index is 4.50. The topological polar surface area (TPSA) is 28.2 Å². The van der Waals surface area contributed by atoms with Gasteiger partial charge in [0.25, 0.3) is 0 Å². The average molecular weight is 199 g/mol. The molecule has 0 bridgehead atoms. The SMILES string of the molecule is CNCc1csc(N(C)C(C)C)n1. The second-order valence-corrected chi connectivity index (χ2v) is 4.19. The van der Waals surface area contributed by atoms with Crippen LogP contribution in [0.5, 0.6) is 0 Å². The molecule has 1 rings (SSSR count). The van der Waals surface area contributed by atoms with E-state index < -0.39 is 0 Å². The molecular formula is C9H17N3S. The van der Waals surface area contributed by atoms with E-state index in [0.717, 1.165) is 17.4 Å². The van der Waals surface area contributed by atoms with Crippen LogP contribution in [-0.2, 0) is 6.54 Å². The van der Waals surface area contributed by atoms with E-state index in [0.29, 0.717) is 6.04 Å². The van der Waals surface area contributed by atoms with Crippen molar-refractivity contribution in [2.75, 3.05) is 19.0 Å². The van der Waals surface area contributed by atoms with Crippen LogP contribution in [-0.4, -0.2) is 25.1 Å². The third kappa shape index (κ3) is 2.67. The fourth-order valence-corrected chi connectivity index (χ4v) is 1.87. The lowest BCUT2D eigenvalue weighted by atomic mass is 10.4. The van der Waals surface area contributed by atoms with Gasteiger partial charge in [-0.25, -0.2) is 4.98 Å². The minimum absolute atomic E-state index is 0.508. The Bertz CT molecular complexity index is 257. The van der Waals surface area contributed by atoms with E-state index in [1.807, 2.05) is 7.05 Å². The minimum Gasteiger partial charge on any atom is -0.349 e. The van der Waals surface area contributed by atoms with Crippen LogP contribution in [0.3, 0.4) is 0 Å². The zero-order valence-electron chi connectivity index (χ0n) is 8.66. The zero-order chi connectivity index (χ0) is 9.84. The van der Waals surface area contributed by atoms with Crippen molar-refractivity contribution >= 4 is 16.5 Å². The van der Waals surface area contributed by atoms with Gasteiger partial charge in [-0.1, -0.05) is 0 Å². The number of rotatable bonds is 4. The molecule has 0 aliphatic heterocycles. The molecule has 0 saturated heterocycles. The highest BCUT2D eigenvalue weighted by Gasteiger charge is 2.08. The summed E-state index contributed by atoms with van der Waals surface area (Å²) in [6.07, 6.45) is 0. The third-order valence-electron chi connectivity index (χ3n) is 1.97. The molecule has 0 unspecified atom stereocenters. The monoisotopic (exact) mass is 199 g/mol. The Morgan fingerprint density at radius 1 is 1.62 bits per heavy atom. The van der Waals surface area contributed by atoms with E-state index in [1.54, 1.807) is 11.3 Å². The van der Waals surface area contributed by atoms with E-state index in [1.165, 1.54) is 0 Å². The van der Waals surface area contributed by atoms with Crippen molar-refractivity contribution in [3.8, 4) is 0 Å². The lowest BCUT2D eigenvalue weighted by Crippen LogP contribution is -2.25. The van der Waals surface area contributed by atoms with E-state index in [2.05, 4.69) is 41.5 Å². The highest BCUT2D eigenvalue weighted by Crippen LogP contribution is 2.20. The highest BCUT2D eigenvalue weighted by molar-refractivity contribution is 7.13. The molecule has 0 radical (unpaired) electrons. The molecule has 0 saturated carbocycles. The summed E-state index contributed by atoms with van der Waals surface area (Å²) in [5, 5.41) is 6.29. The van der Waals surface area contributed by atoms with Crippen LogP contribution >= 0.6 is 11.3 Å². The van der Waals surface area contributed by atoms with Gasteiger partial charge in [0.15, 0.2) is 5.13 Å². The third-order valence-corrected chi connectivity index (χ3v) is 2.95. The first-order valence-corrected chi connectivity index (χ1v) is 5.35. The summed E-state index contributed by atoms with van der Waals surface area (Å²) in [5.41, 5.74) is 1.12. The maximum absolute atomic E-state index is 4.50. The number of aromatic nitrogens is 1.